The fourth-order valence-electron chi connectivity index (χ4n) is 2.80. The van der Waals surface area contributed by atoms with Crippen molar-refractivity contribution in [2.24, 2.45) is 0 Å². The second-order valence-electron chi connectivity index (χ2n) is 6.39. The molecule has 0 spiro atoms. The van der Waals surface area contributed by atoms with Gasteiger partial charge < -0.3 is 14.6 Å². The minimum absolute atomic E-state index is 0.0447. The lowest BCUT2D eigenvalue weighted by Gasteiger charge is -2.29. The van der Waals surface area contributed by atoms with Crippen LogP contribution >= 0.6 is 0 Å². The summed E-state index contributed by atoms with van der Waals surface area (Å²) in [6, 6.07) is 16.9. The standard InChI is InChI=1S/C21H23N3O2/c1-16(2)24(15-17-8-6-12-22-14-17)21(25)23-20(19-11-7-13-26-19)18-9-4-3-5-10-18/h3-14,16,20H,15H2,1-2H3,(H,23,25)/t20-/m1/s1. The number of nitrogens with zero attached hydrogens (tertiary/aromatic N) is 2. The molecular weight excluding hydrogens is 326 g/mol. The van der Waals surface area contributed by atoms with Gasteiger partial charge in [-0.2, -0.15) is 0 Å². The Morgan fingerprint density at radius 2 is 1.92 bits per heavy atom. The van der Waals surface area contributed by atoms with Gasteiger partial charge in [0.25, 0.3) is 0 Å². The Morgan fingerprint density at radius 3 is 2.54 bits per heavy atom. The molecule has 1 N–H and O–H groups in total. The molecule has 134 valence electrons. The van der Waals surface area contributed by atoms with Gasteiger partial charge in [0.2, 0.25) is 0 Å². The number of rotatable bonds is 6. The van der Waals surface area contributed by atoms with Crippen LogP contribution in [-0.4, -0.2) is 22.0 Å². The molecule has 0 fully saturated rings. The highest BCUT2D eigenvalue weighted by Gasteiger charge is 2.24. The van der Waals surface area contributed by atoms with E-state index in [1.165, 1.54) is 0 Å². The second kappa shape index (κ2) is 8.34. The first-order valence-electron chi connectivity index (χ1n) is 8.69. The van der Waals surface area contributed by atoms with E-state index in [0.29, 0.717) is 12.3 Å². The predicted molar refractivity (Wildman–Crippen MR) is 100 cm³/mol. The van der Waals surface area contributed by atoms with Crippen molar-refractivity contribution in [3.8, 4) is 0 Å². The number of benzene rings is 1. The highest BCUT2D eigenvalue weighted by atomic mass is 16.3. The van der Waals surface area contributed by atoms with Gasteiger partial charge in [-0.1, -0.05) is 36.4 Å². The van der Waals surface area contributed by atoms with Crippen molar-refractivity contribution in [2.45, 2.75) is 32.5 Å². The van der Waals surface area contributed by atoms with Gasteiger partial charge in [-0.05, 0) is 43.2 Å². The number of carbonyl (C=O) groups is 1. The molecule has 0 aliphatic rings. The summed E-state index contributed by atoms with van der Waals surface area (Å²) < 4.78 is 5.57. The quantitative estimate of drug-likeness (QED) is 0.718. The minimum atomic E-state index is -0.339. The van der Waals surface area contributed by atoms with Gasteiger partial charge in [-0.25, -0.2) is 4.79 Å². The Hall–Kier alpha value is -3.08. The van der Waals surface area contributed by atoms with Crippen molar-refractivity contribution in [3.63, 3.8) is 0 Å². The Morgan fingerprint density at radius 1 is 1.12 bits per heavy atom. The molecule has 26 heavy (non-hydrogen) atoms. The molecule has 2 amide bonds. The van der Waals surface area contributed by atoms with Crippen LogP contribution in [0.5, 0.6) is 0 Å². The number of aromatic nitrogens is 1. The number of hydrogen-bond donors (Lipinski definition) is 1. The molecule has 0 aliphatic heterocycles. The minimum Gasteiger partial charge on any atom is -0.467 e. The maximum atomic E-state index is 13.0. The summed E-state index contributed by atoms with van der Waals surface area (Å²) in [5.74, 6) is 0.703. The topological polar surface area (TPSA) is 58.4 Å². The van der Waals surface area contributed by atoms with E-state index < -0.39 is 0 Å². The molecular formula is C21H23N3O2. The Balaban J connectivity index is 1.81. The van der Waals surface area contributed by atoms with Crippen molar-refractivity contribution in [1.29, 1.82) is 0 Å². The summed E-state index contributed by atoms with van der Waals surface area (Å²) in [6.07, 6.45) is 5.13. The molecule has 2 heterocycles. The third-order valence-corrected chi connectivity index (χ3v) is 4.19. The van der Waals surface area contributed by atoms with E-state index in [2.05, 4.69) is 10.3 Å². The summed E-state index contributed by atoms with van der Waals surface area (Å²) in [5, 5.41) is 3.11. The van der Waals surface area contributed by atoms with Crippen LogP contribution in [-0.2, 0) is 6.54 Å². The lowest BCUT2D eigenvalue weighted by Crippen LogP contribution is -2.45. The van der Waals surface area contributed by atoms with Crippen LogP contribution < -0.4 is 5.32 Å². The maximum absolute atomic E-state index is 13.0. The first-order valence-corrected chi connectivity index (χ1v) is 8.69. The van der Waals surface area contributed by atoms with E-state index in [1.54, 1.807) is 23.6 Å². The van der Waals surface area contributed by atoms with Gasteiger partial charge in [0, 0.05) is 25.0 Å². The van der Waals surface area contributed by atoms with Gasteiger partial charge in [0.05, 0.1) is 6.26 Å². The third kappa shape index (κ3) is 4.30. The zero-order chi connectivity index (χ0) is 18.4. The molecule has 0 aliphatic carbocycles. The Bertz CT molecular complexity index is 802. The lowest BCUT2D eigenvalue weighted by molar-refractivity contribution is 0.176. The SMILES string of the molecule is CC(C)N(Cc1cccnc1)C(=O)N[C@H](c1ccccc1)c1ccco1. The maximum Gasteiger partial charge on any atom is 0.318 e. The second-order valence-corrected chi connectivity index (χ2v) is 6.39. The van der Waals surface area contributed by atoms with Crippen LogP contribution in [0.25, 0.3) is 0 Å². The van der Waals surface area contributed by atoms with Crippen molar-refractivity contribution in [1.82, 2.24) is 15.2 Å². The molecule has 3 rings (SSSR count). The molecule has 3 aromatic rings. The molecule has 0 unspecified atom stereocenters. The average Bonchev–Trinajstić information content (AvgIpc) is 3.19. The molecule has 1 atom stereocenters. The van der Waals surface area contributed by atoms with Gasteiger partial charge >= 0.3 is 6.03 Å². The third-order valence-electron chi connectivity index (χ3n) is 4.19. The highest BCUT2D eigenvalue weighted by molar-refractivity contribution is 5.75. The molecule has 2 aromatic heterocycles. The first kappa shape index (κ1) is 17.7. The van der Waals surface area contributed by atoms with Gasteiger partial charge in [-0.15, -0.1) is 0 Å². The van der Waals surface area contributed by atoms with Crippen LogP contribution in [0.1, 0.15) is 36.8 Å². The van der Waals surface area contributed by atoms with E-state index >= 15 is 0 Å². The molecule has 0 bridgehead atoms. The average molecular weight is 349 g/mol. The summed E-state index contributed by atoms with van der Waals surface area (Å²) in [4.78, 5) is 18.9. The summed E-state index contributed by atoms with van der Waals surface area (Å²) in [6.45, 7) is 4.50. The van der Waals surface area contributed by atoms with E-state index in [4.69, 9.17) is 4.42 Å². The largest absolute Gasteiger partial charge is 0.467 e. The van der Waals surface area contributed by atoms with Gasteiger partial charge in [-0.3, -0.25) is 4.98 Å². The number of furan rings is 1. The summed E-state index contributed by atoms with van der Waals surface area (Å²) >= 11 is 0. The van der Waals surface area contributed by atoms with Gasteiger partial charge in [0.1, 0.15) is 11.8 Å². The smallest absolute Gasteiger partial charge is 0.318 e. The fourth-order valence-corrected chi connectivity index (χ4v) is 2.80. The van der Waals surface area contributed by atoms with Crippen LogP contribution in [0.3, 0.4) is 0 Å². The number of pyridine rings is 1. The van der Waals surface area contributed by atoms with Crippen LogP contribution in [0.4, 0.5) is 4.79 Å². The Kier molecular flexibility index (Phi) is 5.69. The van der Waals surface area contributed by atoms with Gasteiger partial charge in [0.15, 0.2) is 0 Å². The normalized spacial score (nSPS) is 12.0. The predicted octanol–water partition coefficient (Wildman–Crippen LogP) is 4.38. The van der Waals surface area contributed by atoms with E-state index in [0.717, 1.165) is 11.1 Å². The Labute approximate surface area is 153 Å². The van der Waals surface area contributed by atoms with E-state index in [-0.39, 0.29) is 18.1 Å². The van der Waals surface area contributed by atoms with Crippen molar-refractivity contribution < 1.29 is 9.21 Å². The van der Waals surface area contributed by atoms with Crippen molar-refractivity contribution in [3.05, 3.63) is 90.1 Å². The number of nitrogens with one attached hydrogen (secondary N) is 1. The zero-order valence-electron chi connectivity index (χ0n) is 15.0. The molecule has 5 heteroatoms. The highest BCUT2D eigenvalue weighted by Crippen LogP contribution is 2.23. The number of carbonyl (C=O) groups excluding carboxylic acids is 1. The molecule has 0 saturated carbocycles. The van der Waals surface area contributed by atoms with Crippen LogP contribution in [0, 0.1) is 0 Å². The summed E-state index contributed by atoms with van der Waals surface area (Å²) in [5.41, 5.74) is 1.96. The zero-order valence-corrected chi connectivity index (χ0v) is 15.0. The summed E-state index contributed by atoms with van der Waals surface area (Å²) in [7, 11) is 0. The molecule has 0 radical (unpaired) electrons. The first-order chi connectivity index (χ1) is 12.6. The lowest BCUT2D eigenvalue weighted by atomic mass is 10.0. The number of urea groups is 1. The van der Waals surface area contributed by atoms with Crippen LogP contribution in [0.2, 0.25) is 0 Å². The molecule has 5 nitrogen and oxygen atoms in total. The molecule has 0 saturated heterocycles. The molecule has 1 aromatic carbocycles. The van der Waals surface area contributed by atoms with Crippen molar-refractivity contribution >= 4 is 6.03 Å². The monoisotopic (exact) mass is 349 g/mol. The number of amides is 2. The van der Waals surface area contributed by atoms with E-state index in [9.17, 15) is 4.79 Å². The number of hydrogen-bond acceptors (Lipinski definition) is 3. The van der Waals surface area contributed by atoms with Crippen molar-refractivity contribution in [2.75, 3.05) is 0 Å². The van der Waals surface area contributed by atoms with E-state index in [1.807, 2.05) is 68.4 Å². The van der Waals surface area contributed by atoms with Crippen LogP contribution in [0.15, 0.2) is 77.7 Å². The fraction of sp³-hybridized carbons (Fsp3) is 0.238.